The van der Waals surface area contributed by atoms with Gasteiger partial charge in [0.2, 0.25) is 5.90 Å². The summed E-state index contributed by atoms with van der Waals surface area (Å²) in [5.41, 5.74) is 0.770. The fraction of sp³-hybridized carbons (Fsp3) is 0. The van der Waals surface area contributed by atoms with Crippen molar-refractivity contribution < 1.29 is 14.5 Å². The summed E-state index contributed by atoms with van der Waals surface area (Å²) < 4.78 is 5.10. The van der Waals surface area contributed by atoms with Crippen LogP contribution in [0.25, 0.3) is 6.08 Å². The van der Waals surface area contributed by atoms with Gasteiger partial charge in [0.05, 0.1) is 10.5 Å². The highest BCUT2D eigenvalue weighted by atomic mass is 35.5. The number of nitro benzene ring substituents is 1. The van der Waals surface area contributed by atoms with Crippen molar-refractivity contribution in [1.29, 1.82) is 0 Å². The highest BCUT2D eigenvalue weighted by molar-refractivity contribution is 6.30. The maximum atomic E-state index is 11.9. The van der Waals surface area contributed by atoms with Gasteiger partial charge < -0.3 is 4.74 Å². The van der Waals surface area contributed by atoms with Gasteiger partial charge >= 0.3 is 5.97 Å². The fourth-order valence-electron chi connectivity index (χ4n) is 2.05. The Balaban J connectivity index is 1.99. The smallest absolute Gasteiger partial charge is 0.363 e. The van der Waals surface area contributed by atoms with Crippen molar-refractivity contribution in [2.24, 2.45) is 4.99 Å². The third-order valence-electron chi connectivity index (χ3n) is 3.14. The third-order valence-corrected chi connectivity index (χ3v) is 3.39. The molecular weight excluding hydrogens is 320 g/mol. The number of para-hydroxylation sites is 1. The van der Waals surface area contributed by atoms with E-state index in [9.17, 15) is 14.9 Å². The number of carbonyl (C=O) groups is 1. The number of hydrogen-bond acceptors (Lipinski definition) is 5. The first-order valence-electron chi connectivity index (χ1n) is 6.56. The van der Waals surface area contributed by atoms with Gasteiger partial charge in [-0.2, -0.15) is 0 Å². The lowest BCUT2D eigenvalue weighted by Crippen LogP contribution is -2.05. The molecule has 0 spiro atoms. The Labute approximate surface area is 135 Å². The Bertz CT molecular complexity index is 857. The van der Waals surface area contributed by atoms with Crippen LogP contribution in [-0.2, 0) is 9.53 Å². The molecule has 0 fully saturated rings. The molecule has 0 N–H and O–H groups in total. The summed E-state index contributed by atoms with van der Waals surface area (Å²) in [5, 5.41) is 11.6. The fourth-order valence-corrected chi connectivity index (χ4v) is 2.17. The first-order valence-corrected chi connectivity index (χ1v) is 6.94. The van der Waals surface area contributed by atoms with Gasteiger partial charge in [0.25, 0.3) is 5.69 Å². The van der Waals surface area contributed by atoms with Crippen molar-refractivity contribution >= 4 is 35.2 Å². The second kappa shape index (κ2) is 6.02. The van der Waals surface area contributed by atoms with E-state index in [1.165, 1.54) is 18.2 Å². The van der Waals surface area contributed by atoms with Crippen LogP contribution in [-0.4, -0.2) is 16.8 Å². The van der Waals surface area contributed by atoms with E-state index in [0.29, 0.717) is 10.6 Å². The highest BCUT2D eigenvalue weighted by Gasteiger charge is 2.25. The van der Waals surface area contributed by atoms with Crippen LogP contribution in [0.2, 0.25) is 5.02 Å². The molecule has 0 amide bonds. The van der Waals surface area contributed by atoms with Crippen LogP contribution in [0.15, 0.2) is 59.2 Å². The zero-order valence-electron chi connectivity index (χ0n) is 11.6. The Morgan fingerprint density at radius 1 is 1.13 bits per heavy atom. The molecule has 1 aliphatic heterocycles. The van der Waals surface area contributed by atoms with E-state index in [-0.39, 0.29) is 22.8 Å². The summed E-state index contributed by atoms with van der Waals surface area (Å²) in [6, 6.07) is 12.7. The summed E-state index contributed by atoms with van der Waals surface area (Å²) in [4.78, 5) is 26.5. The number of aliphatic imine (C=N–C) groups is 1. The van der Waals surface area contributed by atoms with Gasteiger partial charge in [-0.3, -0.25) is 10.1 Å². The molecule has 6 nitrogen and oxygen atoms in total. The molecule has 0 aromatic heterocycles. The summed E-state index contributed by atoms with van der Waals surface area (Å²) in [6.07, 6.45) is 1.34. The number of carbonyl (C=O) groups excluding carboxylic acids is 1. The average molecular weight is 329 g/mol. The Morgan fingerprint density at radius 3 is 2.52 bits per heavy atom. The van der Waals surface area contributed by atoms with Crippen LogP contribution >= 0.6 is 11.6 Å². The molecule has 0 atom stereocenters. The Hall–Kier alpha value is -2.99. The Kier molecular flexibility index (Phi) is 3.91. The zero-order chi connectivity index (χ0) is 16.4. The molecule has 2 aromatic rings. The van der Waals surface area contributed by atoms with E-state index in [0.717, 1.165) is 0 Å². The van der Waals surface area contributed by atoms with Crippen LogP contribution in [0.1, 0.15) is 11.1 Å². The average Bonchev–Trinajstić information content (AvgIpc) is 2.89. The molecule has 0 unspecified atom stereocenters. The molecule has 0 aliphatic carbocycles. The monoisotopic (exact) mass is 328 g/mol. The van der Waals surface area contributed by atoms with Crippen LogP contribution in [0.4, 0.5) is 5.69 Å². The Morgan fingerprint density at radius 2 is 1.83 bits per heavy atom. The number of halogens is 1. The zero-order valence-corrected chi connectivity index (χ0v) is 12.4. The largest absolute Gasteiger partial charge is 0.402 e. The van der Waals surface area contributed by atoms with Crippen molar-refractivity contribution in [2.75, 3.05) is 0 Å². The minimum Gasteiger partial charge on any atom is -0.402 e. The van der Waals surface area contributed by atoms with Crippen LogP contribution in [0, 0.1) is 10.1 Å². The van der Waals surface area contributed by atoms with E-state index < -0.39 is 10.9 Å². The second-order valence-electron chi connectivity index (χ2n) is 4.66. The SMILES string of the molecule is O=C1OC(c2ccc(Cl)cc2)=N/C1=C/c1ccccc1[N+](=O)[O-]. The second-order valence-corrected chi connectivity index (χ2v) is 5.10. The molecule has 1 heterocycles. The molecule has 0 radical (unpaired) electrons. The molecule has 1 aliphatic rings. The number of esters is 1. The molecule has 3 rings (SSSR count). The number of nitrogens with zero attached hydrogens (tertiary/aromatic N) is 2. The van der Waals surface area contributed by atoms with Gasteiger partial charge in [0.15, 0.2) is 5.70 Å². The van der Waals surface area contributed by atoms with Gasteiger partial charge in [-0.15, -0.1) is 0 Å². The quantitative estimate of drug-likeness (QED) is 0.373. The topological polar surface area (TPSA) is 81.8 Å². The normalized spacial score (nSPS) is 15.4. The molecular formula is C16H9ClN2O4. The van der Waals surface area contributed by atoms with Crippen LogP contribution < -0.4 is 0 Å². The first-order chi connectivity index (χ1) is 11.0. The maximum absolute atomic E-state index is 11.9. The van der Waals surface area contributed by atoms with Gasteiger partial charge in [0, 0.05) is 16.7 Å². The lowest BCUT2D eigenvalue weighted by atomic mass is 10.1. The lowest BCUT2D eigenvalue weighted by molar-refractivity contribution is -0.385. The first kappa shape index (κ1) is 14.9. The van der Waals surface area contributed by atoms with Gasteiger partial charge in [-0.25, -0.2) is 9.79 Å². The van der Waals surface area contributed by atoms with Crippen molar-refractivity contribution in [3.8, 4) is 0 Å². The van der Waals surface area contributed by atoms with Crippen LogP contribution in [0.5, 0.6) is 0 Å². The number of cyclic esters (lactones) is 1. The van der Waals surface area contributed by atoms with Gasteiger partial charge in [-0.05, 0) is 36.4 Å². The van der Waals surface area contributed by atoms with Crippen molar-refractivity contribution in [1.82, 2.24) is 0 Å². The van der Waals surface area contributed by atoms with E-state index in [1.54, 1.807) is 36.4 Å². The molecule has 23 heavy (non-hydrogen) atoms. The van der Waals surface area contributed by atoms with E-state index in [2.05, 4.69) is 4.99 Å². The number of ether oxygens (including phenoxy) is 1. The van der Waals surface area contributed by atoms with E-state index in [1.807, 2.05) is 0 Å². The predicted molar refractivity (Wildman–Crippen MR) is 85.2 cm³/mol. The summed E-state index contributed by atoms with van der Waals surface area (Å²) in [6.45, 7) is 0. The minimum atomic E-state index is -0.659. The number of rotatable bonds is 3. The van der Waals surface area contributed by atoms with Gasteiger partial charge in [0.1, 0.15) is 0 Å². The molecule has 114 valence electrons. The minimum absolute atomic E-state index is 0.00394. The molecule has 2 aromatic carbocycles. The van der Waals surface area contributed by atoms with Crippen molar-refractivity contribution in [3.63, 3.8) is 0 Å². The molecule has 7 heteroatoms. The van der Waals surface area contributed by atoms with Gasteiger partial charge in [-0.1, -0.05) is 23.7 Å². The van der Waals surface area contributed by atoms with Crippen molar-refractivity contribution in [3.05, 3.63) is 80.5 Å². The summed E-state index contributed by atoms with van der Waals surface area (Å²) in [7, 11) is 0. The lowest BCUT2D eigenvalue weighted by Gasteiger charge is -1.98. The predicted octanol–water partition coefficient (Wildman–Crippen LogP) is 3.59. The van der Waals surface area contributed by atoms with E-state index in [4.69, 9.17) is 16.3 Å². The standard InChI is InChI=1S/C16H9ClN2O4/c17-12-7-5-10(6-8-12)15-18-13(16(20)23-15)9-11-3-1-2-4-14(11)19(21)22/h1-9H/b13-9+. The number of hydrogen-bond donors (Lipinski definition) is 0. The number of benzene rings is 2. The summed E-state index contributed by atoms with van der Waals surface area (Å²) >= 11 is 5.81. The molecule has 0 saturated carbocycles. The maximum Gasteiger partial charge on any atom is 0.363 e. The summed E-state index contributed by atoms with van der Waals surface area (Å²) in [5.74, 6) is -0.524. The highest BCUT2D eigenvalue weighted by Crippen LogP contribution is 2.24. The molecule has 0 bridgehead atoms. The number of nitro groups is 1. The van der Waals surface area contributed by atoms with E-state index >= 15 is 0 Å². The third kappa shape index (κ3) is 3.12. The molecule has 0 saturated heterocycles. The van der Waals surface area contributed by atoms with Crippen molar-refractivity contribution in [2.45, 2.75) is 0 Å². The van der Waals surface area contributed by atoms with Crippen LogP contribution in [0.3, 0.4) is 0 Å².